The second-order valence-electron chi connectivity index (χ2n) is 7.84. The summed E-state index contributed by atoms with van der Waals surface area (Å²) in [6, 6.07) is 9.79. The van der Waals surface area contributed by atoms with E-state index in [0.29, 0.717) is 36.4 Å². The molecule has 0 spiro atoms. The molecule has 9 nitrogen and oxygen atoms in total. The number of nitrogens with one attached hydrogen (secondary N) is 1. The summed E-state index contributed by atoms with van der Waals surface area (Å²) in [6.45, 7) is 8.72. The third kappa shape index (κ3) is 5.84. The number of morpholine rings is 1. The molecule has 1 aliphatic heterocycles. The first kappa shape index (κ1) is 22.7. The fourth-order valence-corrected chi connectivity index (χ4v) is 4.98. The van der Waals surface area contributed by atoms with Crippen LogP contribution >= 0.6 is 23.1 Å². The van der Waals surface area contributed by atoms with Gasteiger partial charge in [-0.2, -0.15) is 0 Å². The van der Waals surface area contributed by atoms with Gasteiger partial charge in [0.25, 0.3) is 5.91 Å². The van der Waals surface area contributed by atoms with E-state index in [1.807, 2.05) is 30.3 Å². The van der Waals surface area contributed by atoms with E-state index in [2.05, 4.69) is 49.0 Å². The number of aromatic nitrogens is 5. The molecule has 4 rings (SSSR count). The summed E-state index contributed by atoms with van der Waals surface area (Å²) in [7, 11) is 0. The predicted octanol–water partition coefficient (Wildman–Crippen LogP) is 2.84. The Morgan fingerprint density at radius 1 is 1.16 bits per heavy atom. The number of anilines is 1. The zero-order valence-corrected chi connectivity index (χ0v) is 19.9. The molecule has 1 N–H and O–H groups in total. The summed E-state index contributed by atoms with van der Waals surface area (Å²) in [5, 5.41) is 22.1. The normalized spacial score (nSPS) is 14.2. The Bertz CT molecular complexity index is 1020. The van der Waals surface area contributed by atoms with E-state index in [0.717, 1.165) is 41.3 Å². The molecule has 1 aliphatic rings. The fourth-order valence-electron chi connectivity index (χ4n) is 3.29. The number of carbonyl (C=O) groups is 1. The summed E-state index contributed by atoms with van der Waals surface area (Å²) < 4.78 is 7.64. The van der Waals surface area contributed by atoms with Gasteiger partial charge in [0.1, 0.15) is 5.01 Å². The summed E-state index contributed by atoms with van der Waals surface area (Å²) in [5.74, 6) is 1.73. The number of ether oxygens (including phenoxy) is 1. The number of rotatable bonds is 9. The third-order valence-electron chi connectivity index (χ3n) is 4.82. The molecule has 170 valence electrons. The second kappa shape index (κ2) is 10.9. The van der Waals surface area contributed by atoms with Gasteiger partial charge in [0, 0.05) is 26.2 Å². The smallest absolute Gasteiger partial charge is 0.282 e. The van der Waals surface area contributed by atoms with Gasteiger partial charge < -0.3 is 15.0 Å². The molecule has 32 heavy (non-hydrogen) atoms. The molecule has 0 radical (unpaired) electrons. The maximum atomic E-state index is 12.4. The van der Waals surface area contributed by atoms with Crippen LogP contribution in [0.25, 0.3) is 0 Å². The molecular formula is C21H27N7O2S2. The summed E-state index contributed by atoms with van der Waals surface area (Å²) >= 11 is 2.88. The van der Waals surface area contributed by atoms with Gasteiger partial charge in [0.2, 0.25) is 11.0 Å². The molecule has 11 heteroatoms. The van der Waals surface area contributed by atoms with Crippen molar-refractivity contribution in [2.45, 2.75) is 37.8 Å². The van der Waals surface area contributed by atoms with Gasteiger partial charge in [0.15, 0.2) is 5.16 Å². The average molecular weight is 474 g/mol. The number of carbonyl (C=O) groups excluding carboxylic acids is 1. The highest BCUT2D eigenvalue weighted by molar-refractivity contribution is 7.98. The van der Waals surface area contributed by atoms with Crippen LogP contribution in [-0.4, -0.2) is 57.2 Å². The van der Waals surface area contributed by atoms with Crippen LogP contribution in [-0.2, 0) is 23.6 Å². The highest BCUT2D eigenvalue weighted by atomic mass is 32.2. The first-order valence-corrected chi connectivity index (χ1v) is 12.4. The van der Waals surface area contributed by atoms with Crippen molar-refractivity contribution in [3.05, 3.63) is 45.9 Å². The van der Waals surface area contributed by atoms with E-state index in [1.54, 1.807) is 11.8 Å². The molecule has 0 saturated carbocycles. The molecule has 2 aromatic heterocycles. The Morgan fingerprint density at radius 3 is 2.69 bits per heavy atom. The zero-order chi connectivity index (χ0) is 22.3. The van der Waals surface area contributed by atoms with E-state index in [9.17, 15) is 4.79 Å². The van der Waals surface area contributed by atoms with Crippen molar-refractivity contribution < 1.29 is 9.53 Å². The van der Waals surface area contributed by atoms with Crippen molar-refractivity contribution in [1.29, 1.82) is 0 Å². The van der Waals surface area contributed by atoms with E-state index < -0.39 is 0 Å². The lowest BCUT2D eigenvalue weighted by Gasteiger charge is -2.28. The van der Waals surface area contributed by atoms with Crippen LogP contribution in [0.2, 0.25) is 0 Å². The quantitative estimate of drug-likeness (QED) is 0.474. The Morgan fingerprint density at radius 2 is 1.94 bits per heavy atom. The Kier molecular flexibility index (Phi) is 7.72. The SMILES string of the molecule is CC(C)Cn1c(SCc2nnc(C(=O)NCc3ccccc3)s2)nnc1N1CCOCC1. The molecule has 1 aromatic carbocycles. The topological polar surface area (TPSA) is 98.1 Å². The molecule has 0 bridgehead atoms. The van der Waals surface area contributed by atoms with Crippen LogP contribution in [0.15, 0.2) is 35.5 Å². The summed E-state index contributed by atoms with van der Waals surface area (Å²) in [5.41, 5.74) is 1.04. The Labute approximate surface area is 195 Å². The number of hydrogen-bond acceptors (Lipinski definition) is 9. The van der Waals surface area contributed by atoms with Crippen molar-refractivity contribution >= 4 is 35.0 Å². The minimum absolute atomic E-state index is 0.208. The molecular weight excluding hydrogens is 446 g/mol. The van der Waals surface area contributed by atoms with E-state index in [4.69, 9.17) is 4.74 Å². The van der Waals surface area contributed by atoms with Gasteiger partial charge in [-0.05, 0) is 11.5 Å². The Balaban J connectivity index is 1.37. The van der Waals surface area contributed by atoms with Crippen molar-refractivity contribution in [3.63, 3.8) is 0 Å². The standard InChI is InChI=1S/C21H27N7O2S2/c1-15(2)13-28-20(27-8-10-30-11-9-27)25-26-21(28)31-14-17-23-24-19(32-17)18(29)22-12-16-6-4-3-5-7-16/h3-7,15H,8-14H2,1-2H3,(H,22,29). The van der Waals surface area contributed by atoms with Crippen molar-refractivity contribution in [2.24, 2.45) is 5.92 Å². The van der Waals surface area contributed by atoms with E-state index in [1.165, 1.54) is 11.3 Å². The van der Waals surface area contributed by atoms with Crippen LogP contribution in [0.5, 0.6) is 0 Å². The van der Waals surface area contributed by atoms with Crippen LogP contribution in [0.1, 0.15) is 34.2 Å². The van der Waals surface area contributed by atoms with E-state index in [-0.39, 0.29) is 5.91 Å². The number of benzene rings is 1. The lowest BCUT2D eigenvalue weighted by atomic mass is 10.2. The number of thioether (sulfide) groups is 1. The third-order valence-corrected chi connectivity index (χ3v) is 6.90. The molecule has 0 aliphatic carbocycles. The predicted molar refractivity (Wildman–Crippen MR) is 125 cm³/mol. The summed E-state index contributed by atoms with van der Waals surface area (Å²) in [6.07, 6.45) is 0. The van der Waals surface area contributed by atoms with Crippen LogP contribution in [0, 0.1) is 5.92 Å². The number of hydrogen-bond donors (Lipinski definition) is 1. The molecule has 0 unspecified atom stereocenters. The maximum absolute atomic E-state index is 12.4. The van der Waals surface area contributed by atoms with Gasteiger partial charge in [-0.25, -0.2) is 0 Å². The first-order chi connectivity index (χ1) is 15.6. The van der Waals surface area contributed by atoms with Crippen LogP contribution < -0.4 is 10.2 Å². The number of nitrogens with zero attached hydrogens (tertiary/aromatic N) is 6. The van der Waals surface area contributed by atoms with Gasteiger partial charge in [-0.3, -0.25) is 9.36 Å². The van der Waals surface area contributed by atoms with Gasteiger partial charge >= 0.3 is 0 Å². The molecule has 1 saturated heterocycles. The minimum Gasteiger partial charge on any atom is -0.378 e. The van der Waals surface area contributed by atoms with Crippen LogP contribution in [0.3, 0.4) is 0 Å². The van der Waals surface area contributed by atoms with Gasteiger partial charge in [0.05, 0.1) is 19.0 Å². The molecule has 0 atom stereocenters. The number of amides is 1. The van der Waals surface area contributed by atoms with E-state index >= 15 is 0 Å². The Hall–Kier alpha value is -2.50. The highest BCUT2D eigenvalue weighted by Crippen LogP contribution is 2.27. The van der Waals surface area contributed by atoms with Gasteiger partial charge in [-0.1, -0.05) is 67.3 Å². The van der Waals surface area contributed by atoms with Crippen molar-refractivity contribution in [2.75, 3.05) is 31.2 Å². The first-order valence-electron chi connectivity index (χ1n) is 10.6. The monoisotopic (exact) mass is 473 g/mol. The van der Waals surface area contributed by atoms with Gasteiger partial charge in [-0.15, -0.1) is 20.4 Å². The fraction of sp³-hybridized carbons (Fsp3) is 0.476. The average Bonchev–Trinajstić information content (AvgIpc) is 3.44. The van der Waals surface area contributed by atoms with Crippen LogP contribution in [0.4, 0.5) is 5.95 Å². The zero-order valence-electron chi connectivity index (χ0n) is 18.2. The molecule has 1 amide bonds. The maximum Gasteiger partial charge on any atom is 0.282 e. The van der Waals surface area contributed by atoms with Crippen molar-refractivity contribution in [3.8, 4) is 0 Å². The summed E-state index contributed by atoms with van der Waals surface area (Å²) in [4.78, 5) is 14.6. The van der Waals surface area contributed by atoms with Crippen molar-refractivity contribution in [1.82, 2.24) is 30.3 Å². The molecule has 3 heterocycles. The lowest BCUT2D eigenvalue weighted by molar-refractivity contribution is 0.0950. The minimum atomic E-state index is -0.208. The largest absolute Gasteiger partial charge is 0.378 e. The molecule has 1 fully saturated rings. The highest BCUT2D eigenvalue weighted by Gasteiger charge is 2.22. The second-order valence-corrected chi connectivity index (χ2v) is 9.85. The lowest BCUT2D eigenvalue weighted by Crippen LogP contribution is -2.38. The molecule has 3 aromatic rings.